The normalized spacial score (nSPS) is 17.4. The predicted molar refractivity (Wildman–Crippen MR) is 73.2 cm³/mol. The molecule has 1 aliphatic carbocycles. The first-order valence-electron chi connectivity index (χ1n) is 5.52. The number of halogens is 2. The van der Waals surface area contributed by atoms with Crippen LogP contribution in [0.1, 0.15) is 25.7 Å². The number of nitrogens with one attached hydrogen (secondary N) is 1. The van der Waals surface area contributed by atoms with Gasteiger partial charge in [0.15, 0.2) is 0 Å². The van der Waals surface area contributed by atoms with Gasteiger partial charge in [0.1, 0.15) is 0 Å². The van der Waals surface area contributed by atoms with Crippen molar-refractivity contribution in [2.75, 3.05) is 5.32 Å². The summed E-state index contributed by atoms with van der Waals surface area (Å²) in [5.74, 6) is -0.0461. The highest BCUT2D eigenvalue weighted by atomic mass is 79.9. The van der Waals surface area contributed by atoms with Crippen LogP contribution in [-0.2, 0) is 4.79 Å². The molecule has 1 aromatic carbocycles. The van der Waals surface area contributed by atoms with Gasteiger partial charge in [-0.1, -0.05) is 11.6 Å². The highest BCUT2D eigenvalue weighted by Gasteiger charge is 2.34. The van der Waals surface area contributed by atoms with Crippen molar-refractivity contribution in [3.63, 3.8) is 0 Å². The first-order valence-corrected chi connectivity index (χ1v) is 6.69. The molecule has 1 aliphatic rings. The van der Waals surface area contributed by atoms with E-state index in [9.17, 15) is 4.79 Å². The Morgan fingerprint density at radius 1 is 1.53 bits per heavy atom. The van der Waals surface area contributed by atoms with Crippen LogP contribution in [0, 0.1) is 0 Å². The standard InChI is InChI=1S/C12H14BrClN2O/c13-9-6-8(14)2-3-10(9)16-11(17)7-12(15)4-1-5-12/h2-3,6H,1,4-5,7,15H2,(H,16,17). The van der Waals surface area contributed by atoms with E-state index in [0.29, 0.717) is 11.4 Å². The molecule has 92 valence electrons. The largest absolute Gasteiger partial charge is 0.325 e. The SMILES string of the molecule is NC1(CC(=O)Nc2ccc(Cl)cc2Br)CCC1. The summed E-state index contributed by atoms with van der Waals surface area (Å²) in [6.45, 7) is 0. The van der Waals surface area contributed by atoms with Crippen LogP contribution in [0.15, 0.2) is 22.7 Å². The van der Waals surface area contributed by atoms with Crippen LogP contribution < -0.4 is 11.1 Å². The Morgan fingerprint density at radius 3 is 2.76 bits per heavy atom. The molecule has 17 heavy (non-hydrogen) atoms. The summed E-state index contributed by atoms with van der Waals surface area (Å²) >= 11 is 9.18. The zero-order chi connectivity index (χ0) is 12.5. The van der Waals surface area contributed by atoms with E-state index in [4.69, 9.17) is 17.3 Å². The van der Waals surface area contributed by atoms with Gasteiger partial charge in [-0.25, -0.2) is 0 Å². The first-order chi connectivity index (χ1) is 7.98. The van der Waals surface area contributed by atoms with Crippen molar-refractivity contribution in [1.82, 2.24) is 0 Å². The van der Waals surface area contributed by atoms with Crippen molar-refractivity contribution < 1.29 is 4.79 Å². The van der Waals surface area contributed by atoms with E-state index in [1.165, 1.54) is 0 Å². The van der Waals surface area contributed by atoms with Crippen molar-refractivity contribution in [2.24, 2.45) is 5.73 Å². The minimum Gasteiger partial charge on any atom is -0.325 e. The summed E-state index contributed by atoms with van der Waals surface area (Å²) in [6, 6.07) is 5.26. The molecule has 3 N–H and O–H groups in total. The van der Waals surface area contributed by atoms with Gasteiger partial charge in [0.2, 0.25) is 5.91 Å². The van der Waals surface area contributed by atoms with Gasteiger partial charge in [-0.15, -0.1) is 0 Å². The van der Waals surface area contributed by atoms with Crippen LogP contribution in [0.2, 0.25) is 5.02 Å². The molecule has 3 nitrogen and oxygen atoms in total. The molecule has 1 saturated carbocycles. The Hall–Kier alpha value is -0.580. The van der Waals surface area contributed by atoms with Crippen molar-refractivity contribution in [3.8, 4) is 0 Å². The lowest BCUT2D eigenvalue weighted by Gasteiger charge is -2.37. The summed E-state index contributed by atoms with van der Waals surface area (Å²) in [7, 11) is 0. The van der Waals surface area contributed by atoms with E-state index in [1.54, 1.807) is 18.2 Å². The number of carbonyl (C=O) groups excluding carboxylic acids is 1. The molecule has 0 aromatic heterocycles. The van der Waals surface area contributed by atoms with Crippen LogP contribution in [-0.4, -0.2) is 11.4 Å². The van der Waals surface area contributed by atoms with Crippen LogP contribution >= 0.6 is 27.5 Å². The second-order valence-corrected chi connectivity index (χ2v) is 5.86. The van der Waals surface area contributed by atoms with Gasteiger partial charge in [0.05, 0.1) is 5.69 Å². The molecular weight excluding hydrogens is 304 g/mol. The lowest BCUT2D eigenvalue weighted by Crippen LogP contribution is -2.48. The maximum atomic E-state index is 11.8. The van der Waals surface area contributed by atoms with E-state index < -0.39 is 0 Å². The topological polar surface area (TPSA) is 55.1 Å². The fourth-order valence-electron chi connectivity index (χ4n) is 1.91. The van der Waals surface area contributed by atoms with Gasteiger partial charge < -0.3 is 11.1 Å². The third-order valence-corrected chi connectivity index (χ3v) is 3.96. The van der Waals surface area contributed by atoms with Gasteiger partial charge in [0, 0.05) is 21.5 Å². The third-order valence-electron chi connectivity index (χ3n) is 3.07. The van der Waals surface area contributed by atoms with Gasteiger partial charge in [-0.3, -0.25) is 4.79 Å². The molecule has 0 bridgehead atoms. The number of carbonyl (C=O) groups is 1. The Morgan fingerprint density at radius 2 is 2.24 bits per heavy atom. The molecule has 0 radical (unpaired) electrons. The zero-order valence-electron chi connectivity index (χ0n) is 9.30. The molecular formula is C12H14BrClN2O. The van der Waals surface area contributed by atoms with Crippen LogP contribution in [0.3, 0.4) is 0 Å². The average molecular weight is 318 g/mol. The van der Waals surface area contributed by atoms with Crippen molar-refractivity contribution in [3.05, 3.63) is 27.7 Å². The van der Waals surface area contributed by atoms with Crippen LogP contribution in [0.4, 0.5) is 5.69 Å². The lowest BCUT2D eigenvalue weighted by molar-refractivity contribution is -0.118. The number of nitrogens with two attached hydrogens (primary N) is 1. The predicted octanol–water partition coefficient (Wildman–Crippen LogP) is 3.31. The van der Waals surface area contributed by atoms with Gasteiger partial charge in [-0.05, 0) is 53.4 Å². The summed E-state index contributed by atoms with van der Waals surface area (Å²) in [5.41, 5.74) is 6.46. The van der Waals surface area contributed by atoms with E-state index in [-0.39, 0.29) is 11.4 Å². The summed E-state index contributed by atoms with van der Waals surface area (Å²) < 4.78 is 0.776. The van der Waals surface area contributed by atoms with Gasteiger partial charge in [-0.2, -0.15) is 0 Å². The number of hydrogen-bond donors (Lipinski definition) is 2. The number of anilines is 1. The summed E-state index contributed by atoms with van der Waals surface area (Å²) in [4.78, 5) is 11.8. The third kappa shape index (κ3) is 3.21. The maximum absolute atomic E-state index is 11.8. The van der Waals surface area contributed by atoms with Crippen molar-refractivity contribution >= 4 is 39.1 Å². The average Bonchev–Trinajstić information content (AvgIpc) is 2.20. The molecule has 1 fully saturated rings. The van der Waals surface area contributed by atoms with Crippen molar-refractivity contribution in [2.45, 2.75) is 31.2 Å². The lowest BCUT2D eigenvalue weighted by atomic mass is 9.75. The molecule has 0 aliphatic heterocycles. The minimum absolute atomic E-state index is 0.0461. The number of rotatable bonds is 3. The van der Waals surface area contributed by atoms with Crippen LogP contribution in [0.25, 0.3) is 0 Å². The maximum Gasteiger partial charge on any atom is 0.226 e. The Kier molecular flexibility index (Phi) is 3.76. The summed E-state index contributed by atoms with van der Waals surface area (Å²) in [6.07, 6.45) is 3.36. The fourth-order valence-corrected chi connectivity index (χ4v) is 2.69. The quantitative estimate of drug-likeness (QED) is 0.898. The van der Waals surface area contributed by atoms with E-state index in [2.05, 4.69) is 21.2 Å². The fraction of sp³-hybridized carbons (Fsp3) is 0.417. The van der Waals surface area contributed by atoms with Crippen molar-refractivity contribution in [1.29, 1.82) is 0 Å². The second kappa shape index (κ2) is 4.96. The zero-order valence-corrected chi connectivity index (χ0v) is 11.6. The molecule has 2 rings (SSSR count). The molecule has 0 unspecified atom stereocenters. The number of hydrogen-bond acceptors (Lipinski definition) is 2. The van der Waals surface area contributed by atoms with Crippen LogP contribution in [0.5, 0.6) is 0 Å². The molecule has 1 amide bonds. The summed E-state index contributed by atoms with van der Waals surface area (Å²) in [5, 5.41) is 3.47. The number of amides is 1. The molecule has 0 atom stereocenters. The van der Waals surface area contributed by atoms with E-state index in [0.717, 1.165) is 29.4 Å². The second-order valence-electron chi connectivity index (χ2n) is 4.57. The van der Waals surface area contributed by atoms with Gasteiger partial charge in [0.25, 0.3) is 0 Å². The smallest absolute Gasteiger partial charge is 0.226 e. The molecule has 0 spiro atoms. The van der Waals surface area contributed by atoms with Gasteiger partial charge >= 0.3 is 0 Å². The Bertz CT molecular complexity index is 446. The highest BCUT2D eigenvalue weighted by molar-refractivity contribution is 9.10. The monoisotopic (exact) mass is 316 g/mol. The Balaban J connectivity index is 1.98. The number of benzene rings is 1. The highest BCUT2D eigenvalue weighted by Crippen LogP contribution is 2.33. The Labute approximate surface area is 114 Å². The first kappa shape index (κ1) is 12.9. The molecule has 0 saturated heterocycles. The molecule has 1 aromatic rings. The minimum atomic E-state index is -0.289. The van der Waals surface area contributed by atoms with E-state index in [1.807, 2.05) is 0 Å². The molecule has 5 heteroatoms. The molecule has 0 heterocycles. The van der Waals surface area contributed by atoms with E-state index >= 15 is 0 Å².